The zero-order valence-corrected chi connectivity index (χ0v) is 9.12. The van der Waals surface area contributed by atoms with Crippen LogP contribution in [0.5, 0.6) is 0 Å². The molecule has 70 valence electrons. The summed E-state index contributed by atoms with van der Waals surface area (Å²) in [6.07, 6.45) is 1.82. The maximum absolute atomic E-state index is 8.93. The summed E-state index contributed by atoms with van der Waals surface area (Å²) in [6.45, 7) is 0. The zero-order chi connectivity index (χ0) is 10.0. The normalized spacial score (nSPS) is 10.2. The molecular weight excluding hydrogens is 230 g/mol. The fourth-order valence-corrected chi connectivity index (χ4v) is 2.43. The monoisotopic (exact) mass is 236 g/mol. The topological polar surface area (TPSA) is 40.5 Å². The highest BCUT2D eigenvalue weighted by Gasteiger charge is 2.18. The minimum atomic E-state index is -1.56. The summed E-state index contributed by atoms with van der Waals surface area (Å²) >= 11 is 13.1. The summed E-state index contributed by atoms with van der Waals surface area (Å²) in [5.41, 5.74) is 0.274. The molecule has 1 rings (SSSR count). The van der Waals surface area contributed by atoms with Gasteiger partial charge in [-0.3, -0.25) is 0 Å². The average molecular weight is 237 g/mol. The lowest BCUT2D eigenvalue weighted by atomic mass is 9.80. The predicted molar refractivity (Wildman–Crippen MR) is 58.1 cm³/mol. The van der Waals surface area contributed by atoms with E-state index in [1.165, 1.54) is 17.8 Å². The van der Waals surface area contributed by atoms with Gasteiger partial charge >= 0.3 is 7.12 Å². The smallest absolute Gasteiger partial charge is 0.423 e. The van der Waals surface area contributed by atoms with E-state index in [2.05, 4.69) is 0 Å². The summed E-state index contributed by atoms with van der Waals surface area (Å²) in [7, 11) is -1.56. The highest BCUT2D eigenvalue weighted by Crippen LogP contribution is 2.31. The van der Waals surface area contributed by atoms with E-state index in [1.807, 2.05) is 6.26 Å². The third-order valence-electron chi connectivity index (χ3n) is 1.56. The quantitative estimate of drug-likeness (QED) is 0.603. The molecule has 0 aliphatic heterocycles. The first-order valence-corrected chi connectivity index (χ1v) is 5.44. The first kappa shape index (κ1) is 11.2. The SMILES string of the molecule is CSc1c(Cl)ccc(B(O)O)c1Cl. The maximum atomic E-state index is 8.93. The van der Waals surface area contributed by atoms with E-state index >= 15 is 0 Å². The van der Waals surface area contributed by atoms with Crippen LogP contribution in [0, 0.1) is 0 Å². The minimum absolute atomic E-state index is 0.274. The molecule has 0 saturated carbocycles. The lowest BCUT2D eigenvalue weighted by Crippen LogP contribution is -2.31. The van der Waals surface area contributed by atoms with Crippen LogP contribution in [-0.2, 0) is 0 Å². The van der Waals surface area contributed by atoms with Crippen LogP contribution in [0.25, 0.3) is 0 Å². The summed E-state index contributed by atoms with van der Waals surface area (Å²) in [6, 6.07) is 3.09. The summed E-state index contributed by atoms with van der Waals surface area (Å²) < 4.78 is 0. The lowest BCUT2D eigenvalue weighted by molar-refractivity contribution is 0.425. The molecule has 0 heterocycles. The Labute approximate surface area is 91.0 Å². The van der Waals surface area contributed by atoms with Crippen LogP contribution in [-0.4, -0.2) is 23.4 Å². The Hall–Kier alpha value is 0.135. The van der Waals surface area contributed by atoms with E-state index in [9.17, 15) is 0 Å². The van der Waals surface area contributed by atoms with Gasteiger partial charge in [0.1, 0.15) is 0 Å². The van der Waals surface area contributed by atoms with Gasteiger partial charge in [-0.1, -0.05) is 29.3 Å². The number of benzene rings is 1. The molecule has 0 unspecified atom stereocenters. The zero-order valence-electron chi connectivity index (χ0n) is 6.79. The highest BCUT2D eigenvalue weighted by molar-refractivity contribution is 7.98. The third-order valence-corrected chi connectivity index (χ3v) is 3.34. The van der Waals surface area contributed by atoms with Gasteiger partial charge in [0.05, 0.1) is 10.0 Å². The molecule has 0 spiro atoms. The van der Waals surface area contributed by atoms with Crippen LogP contribution in [0.15, 0.2) is 17.0 Å². The van der Waals surface area contributed by atoms with Gasteiger partial charge in [-0.2, -0.15) is 0 Å². The molecule has 0 bridgehead atoms. The number of hydrogen-bond acceptors (Lipinski definition) is 3. The molecule has 6 heteroatoms. The molecule has 13 heavy (non-hydrogen) atoms. The van der Waals surface area contributed by atoms with E-state index in [1.54, 1.807) is 6.07 Å². The van der Waals surface area contributed by atoms with Crippen LogP contribution < -0.4 is 5.46 Å². The van der Waals surface area contributed by atoms with Crippen LogP contribution in [0.4, 0.5) is 0 Å². The molecule has 0 amide bonds. The van der Waals surface area contributed by atoms with E-state index in [4.69, 9.17) is 33.2 Å². The lowest BCUT2D eigenvalue weighted by Gasteiger charge is -2.08. The second-order valence-electron chi connectivity index (χ2n) is 2.36. The van der Waals surface area contributed by atoms with Gasteiger partial charge in [0.2, 0.25) is 0 Å². The Morgan fingerprint density at radius 3 is 2.38 bits per heavy atom. The molecule has 0 radical (unpaired) electrons. The van der Waals surface area contributed by atoms with Gasteiger partial charge < -0.3 is 10.0 Å². The second-order valence-corrected chi connectivity index (χ2v) is 3.96. The molecular formula is C7H7BCl2O2S. The van der Waals surface area contributed by atoms with Crippen LogP contribution in [0.3, 0.4) is 0 Å². The van der Waals surface area contributed by atoms with Crippen LogP contribution in [0.1, 0.15) is 0 Å². The second kappa shape index (κ2) is 4.57. The maximum Gasteiger partial charge on any atom is 0.489 e. The standard InChI is InChI=1S/C7H7BCl2O2S/c1-13-7-5(9)3-2-4(6(7)10)8(11)12/h2-3,11-12H,1H3. The van der Waals surface area contributed by atoms with Crippen molar-refractivity contribution in [2.24, 2.45) is 0 Å². The van der Waals surface area contributed by atoms with Crippen molar-refractivity contribution in [1.82, 2.24) is 0 Å². The Bertz CT molecular complexity index is 320. The van der Waals surface area contributed by atoms with Crippen molar-refractivity contribution in [2.75, 3.05) is 6.26 Å². The molecule has 0 fully saturated rings. The van der Waals surface area contributed by atoms with Crippen molar-refractivity contribution in [1.29, 1.82) is 0 Å². The largest absolute Gasteiger partial charge is 0.489 e. The van der Waals surface area contributed by atoms with Crippen LogP contribution >= 0.6 is 35.0 Å². The van der Waals surface area contributed by atoms with Gasteiger partial charge in [-0.15, -0.1) is 11.8 Å². The highest BCUT2D eigenvalue weighted by atomic mass is 35.5. The fraction of sp³-hybridized carbons (Fsp3) is 0.143. The summed E-state index contributed by atoms with van der Waals surface area (Å²) in [5, 5.41) is 18.7. The van der Waals surface area contributed by atoms with Crippen molar-refractivity contribution >= 4 is 47.5 Å². The molecule has 0 aromatic heterocycles. The Balaban J connectivity index is 3.27. The van der Waals surface area contributed by atoms with Gasteiger partial charge in [-0.25, -0.2) is 0 Å². The van der Waals surface area contributed by atoms with Crippen molar-refractivity contribution in [3.8, 4) is 0 Å². The number of halogens is 2. The minimum Gasteiger partial charge on any atom is -0.423 e. The molecule has 2 N–H and O–H groups in total. The van der Waals surface area contributed by atoms with Crippen molar-refractivity contribution < 1.29 is 10.0 Å². The summed E-state index contributed by atoms with van der Waals surface area (Å²) in [4.78, 5) is 0.661. The van der Waals surface area contributed by atoms with Gasteiger partial charge in [0, 0.05) is 10.4 Å². The molecule has 0 aliphatic carbocycles. The van der Waals surface area contributed by atoms with Crippen molar-refractivity contribution in [3.05, 3.63) is 22.2 Å². The Morgan fingerprint density at radius 1 is 1.31 bits per heavy atom. The van der Waals surface area contributed by atoms with Crippen LogP contribution in [0.2, 0.25) is 10.0 Å². The average Bonchev–Trinajstić information content (AvgIpc) is 2.04. The predicted octanol–water partition coefficient (Wildman–Crippen LogP) is 1.40. The van der Waals surface area contributed by atoms with Gasteiger partial charge in [0.15, 0.2) is 0 Å². The van der Waals surface area contributed by atoms with E-state index in [-0.39, 0.29) is 5.46 Å². The molecule has 0 aliphatic rings. The van der Waals surface area contributed by atoms with Gasteiger partial charge in [0.25, 0.3) is 0 Å². The molecule has 0 atom stereocenters. The van der Waals surface area contributed by atoms with E-state index in [0.29, 0.717) is 14.9 Å². The first-order valence-electron chi connectivity index (χ1n) is 3.46. The number of thioether (sulfide) groups is 1. The van der Waals surface area contributed by atoms with Gasteiger partial charge in [-0.05, 0) is 12.3 Å². The third kappa shape index (κ3) is 2.33. The molecule has 1 aromatic rings. The molecule has 1 aromatic carbocycles. The number of hydrogen-bond donors (Lipinski definition) is 2. The van der Waals surface area contributed by atoms with Crippen molar-refractivity contribution in [3.63, 3.8) is 0 Å². The van der Waals surface area contributed by atoms with E-state index < -0.39 is 7.12 Å². The first-order chi connectivity index (χ1) is 6.07. The number of rotatable bonds is 2. The Morgan fingerprint density at radius 2 is 1.92 bits per heavy atom. The summed E-state index contributed by atoms with van der Waals surface area (Å²) in [5.74, 6) is 0. The van der Waals surface area contributed by atoms with Crippen molar-refractivity contribution in [2.45, 2.75) is 4.90 Å². The molecule has 0 saturated heterocycles. The fourth-order valence-electron chi connectivity index (χ4n) is 0.934. The van der Waals surface area contributed by atoms with E-state index in [0.717, 1.165) is 0 Å². The molecule has 2 nitrogen and oxygen atoms in total. The Kier molecular flexibility index (Phi) is 3.95.